The number of nitrogens with zero attached hydrogens (tertiary/aromatic N) is 1. The van der Waals surface area contributed by atoms with Gasteiger partial charge in [-0.3, -0.25) is 0 Å². The molecule has 3 rings (SSSR count). The lowest BCUT2D eigenvalue weighted by atomic mass is 9.70. The summed E-state index contributed by atoms with van der Waals surface area (Å²) in [5.74, 6) is 0. The van der Waals surface area contributed by atoms with E-state index < -0.39 is 0 Å². The Morgan fingerprint density at radius 1 is 1.27 bits per heavy atom. The van der Waals surface area contributed by atoms with Crippen molar-refractivity contribution < 1.29 is 0 Å². The van der Waals surface area contributed by atoms with Gasteiger partial charge in [0.2, 0.25) is 0 Å². The number of hydrogen-bond donors (Lipinski definition) is 0. The zero-order valence-electron chi connectivity index (χ0n) is 10.3. The second-order valence-electron chi connectivity index (χ2n) is 6.60. The molecule has 0 spiro atoms. The number of likely N-dealkylation sites (tertiary alicyclic amines) is 1. The first-order valence-corrected chi connectivity index (χ1v) is 6.45. The van der Waals surface area contributed by atoms with Crippen LogP contribution in [0.5, 0.6) is 0 Å². The summed E-state index contributed by atoms with van der Waals surface area (Å²) in [6.45, 7) is 10.0. The molecule has 2 aliphatic carbocycles. The Morgan fingerprint density at radius 2 is 2.00 bits per heavy atom. The van der Waals surface area contributed by atoms with E-state index in [-0.39, 0.29) is 0 Å². The third-order valence-electron chi connectivity index (χ3n) is 5.37. The summed E-state index contributed by atoms with van der Waals surface area (Å²) in [6.07, 6.45) is 8.18. The lowest BCUT2D eigenvalue weighted by Gasteiger charge is -2.37. The van der Waals surface area contributed by atoms with Gasteiger partial charge in [-0.05, 0) is 56.5 Å². The van der Waals surface area contributed by atoms with Gasteiger partial charge in [0.1, 0.15) is 0 Å². The fourth-order valence-corrected chi connectivity index (χ4v) is 4.24. The van der Waals surface area contributed by atoms with Crippen molar-refractivity contribution in [1.29, 1.82) is 0 Å². The minimum atomic E-state index is 0.497. The lowest BCUT2D eigenvalue weighted by Crippen LogP contribution is -2.44. The Morgan fingerprint density at radius 3 is 2.53 bits per heavy atom. The molecule has 1 aliphatic heterocycles. The minimum Gasteiger partial charge on any atom is -0.300 e. The van der Waals surface area contributed by atoms with Crippen molar-refractivity contribution in [3.05, 3.63) is 11.6 Å². The van der Waals surface area contributed by atoms with Crippen LogP contribution >= 0.6 is 0 Å². The van der Waals surface area contributed by atoms with Gasteiger partial charge in [0.05, 0.1) is 0 Å². The van der Waals surface area contributed by atoms with Gasteiger partial charge in [0.25, 0.3) is 0 Å². The molecule has 1 heterocycles. The molecule has 0 bridgehead atoms. The molecule has 0 aromatic rings. The quantitative estimate of drug-likeness (QED) is 0.594. The van der Waals surface area contributed by atoms with Gasteiger partial charge in [0, 0.05) is 6.04 Å². The summed E-state index contributed by atoms with van der Waals surface area (Å²) >= 11 is 0. The summed E-state index contributed by atoms with van der Waals surface area (Å²) in [6, 6.07) is 0.887. The molecule has 0 aromatic carbocycles. The normalized spacial score (nSPS) is 50.1. The maximum absolute atomic E-state index is 2.71. The van der Waals surface area contributed by atoms with Crippen molar-refractivity contribution in [2.24, 2.45) is 10.8 Å². The van der Waals surface area contributed by atoms with Gasteiger partial charge in [-0.1, -0.05) is 25.5 Å². The van der Waals surface area contributed by atoms with Gasteiger partial charge in [-0.15, -0.1) is 0 Å². The molecule has 1 heteroatoms. The van der Waals surface area contributed by atoms with Gasteiger partial charge >= 0.3 is 0 Å². The molecular weight excluding hydrogens is 182 g/mol. The van der Waals surface area contributed by atoms with Gasteiger partial charge in [-0.25, -0.2) is 0 Å². The third kappa shape index (κ3) is 1.25. The molecule has 1 nitrogen and oxygen atoms in total. The van der Waals surface area contributed by atoms with Crippen molar-refractivity contribution in [3.8, 4) is 0 Å². The van der Waals surface area contributed by atoms with Crippen LogP contribution in [0.15, 0.2) is 11.6 Å². The molecule has 0 N–H and O–H groups in total. The molecule has 0 radical (unpaired) electrons. The minimum absolute atomic E-state index is 0.497. The standard InChI is InChI=1S/C14H23N/c1-11-7-13(2)9-12(15-5-4-6-15)10-14(13,3)8-11/h7,12H,4-6,8-10H2,1-3H3. The van der Waals surface area contributed by atoms with Crippen molar-refractivity contribution in [3.63, 3.8) is 0 Å². The van der Waals surface area contributed by atoms with Crippen molar-refractivity contribution in [2.45, 2.75) is 52.5 Å². The van der Waals surface area contributed by atoms with Gasteiger partial charge < -0.3 is 4.90 Å². The number of allylic oxidation sites excluding steroid dienone is 2. The average Bonchev–Trinajstić information content (AvgIpc) is 2.28. The van der Waals surface area contributed by atoms with E-state index in [0.717, 1.165) is 6.04 Å². The summed E-state index contributed by atoms with van der Waals surface area (Å²) in [5.41, 5.74) is 2.69. The molecule has 84 valence electrons. The Hall–Kier alpha value is -0.300. The van der Waals surface area contributed by atoms with Crippen molar-refractivity contribution in [2.75, 3.05) is 13.1 Å². The van der Waals surface area contributed by atoms with E-state index in [4.69, 9.17) is 0 Å². The first-order chi connectivity index (χ1) is 7.02. The predicted octanol–water partition coefficient (Wildman–Crippen LogP) is 3.22. The second-order valence-corrected chi connectivity index (χ2v) is 6.60. The molecule has 1 saturated carbocycles. The topological polar surface area (TPSA) is 3.24 Å². The summed E-state index contributed by atoms with van der Waals surface area (Å²) in [7, 11) is 0. The van der Waals surface area contributed by atoms with Crippen LogP contribution in [0.2, 0.25) is 0 Å². The highest BCUT2D eigenvalue weighted by molar-refractivity contribution is 5.26. The average molecular weight is 205 g/mol. The molecule has 3 unspecified atom stereocenters. The molecule has 1 saturated heterocycles. The van der Waals surface area contributed by atoms with Gasteiger partial charge in [0.15, 0.2) is 0 Å². The van der Waals surface area contributed by atoms with Crippen molar-refractivity contribution in [1.82, 2.24) is 4.90 Å². The molecule has 0 aromatic heterocycles. The maximum Gasteiger partial charge on any atom is 0.0109 e. The molecular formula is C14H23N. The molecule has 3 atom stereocenters. The zero-order valence-corrected chi connectivity index (χ0v) is 10.3. The van der Waals surface area contributed by atoms with Crippen LogP contribution in [0.1, 0.15) is 46.5 Å². The fourth-order valence-electron chi connectivity index (χ4n) is 4.24. The van der Waals surface area contributed by atoms with Crippen LogP contribution in [-0.4, -0.2) is 24.0 Å². The molecule has 2 fully saturated rings. The summed E-state index contributed by atoms with van der Waals surface area (Å²) in [4.78, 5) is 2.71. The van der Waals surface area contributed by atoms with Crippen LogP contribution in [-0.2, 0) is 0 Å². The van der Waals surface area contributed by atoms with Crippen LogP contribution in [0.3, 0.4) is 0 Å². The first-order valence-electron chi connectivity index (χ1n) is 6.45. The van der Waals surface area contributed by atoms with E-state index >= 15 is 0 Å². The highest BCUT2D eigenvalue weighted by Gasteiger charge is 2.55. The van der Waals surface area contributed by atoms with E-state index in [1.165, 1.54) is 38.8 Å². The Bertz CT molecular complexity index is 315. The molecule has 0 amide bonds. The monoisotopic (exact) mass is 205 g/mol. The Labute approximate surface area is 93.5 Å². The Kier molecular flexibility index (Phi) is 1.90. The van der Waals surface area contributed by atoms with E-state index in [1.807, 2.05) is 0 Å². The number of hydrogen-bond acceptors (Lipinski definition) is 1. The molecule has 15 heavy (non-hydrogen) atoms. The van der Waals surface area contributed by atoms with Crippen LogP contribution in [0, 0.1) is 10.8 Å². The Balaban J connectivity index is 1.83. The predicted molar refractivity (Wildman–Crippen MR) is 63.8 cm³/mol. The SMILES string of the molecule is CC1=CC2(C)CC(N3CCC3)CC2(C)C1. The number of fused-ring (bicyclic) bond motifs is 1. The first kappa shape index (κ1) is 9.89. The second kappa shape index (κ2) is 2.88. The number of rotatable bonds is 1. The largest absolute Gasteiger partial charge is 0.300 e. The highest BCUT2D eigenvalue weighted by Crippen LogP contribution is 2.62. The van der Waals surface area contributed by atoms with Crippen molar-refractivity contribution >= 4 is 0 Å². The smallest absolute Gasteiger partial charge is 0.0109 e. The van der Waals surface area contributed by atoms with Gasteiger partial charge in [-0.2, -0.15) is 0 Å². The van der Waals surface area contributed by atoms with Crippen LogP contribution < -0.4 is 0 Å². The zero-order chi connectivity index (χ0) is 10.7. The van der Waals surface area contributed by atoms with E-state index in [0.29, 0.717) is 10.8 Å². The van der Waals surface area contributed by atoms with E-state index in [9.17, 15) is 0 Å². The lowest BCUT2D eigenvalue weighted by molar-refractivity contribution is 0.112. The molecule has 3 aliphatic rings. The maximum atomic E-state index is 2.71. The van der Waals surface area contributed by atoms with Crippen LogP contribution in [0.4, 0.5) is 0 Å². The summed E-state index contributed by atoms with van der Waals surface area (Å²) < 4.78 is 0. The van der Waals surface area contributed by atoms with E-state index in [2.05, 4.69) is 31.7 Å². The highest BCUT2D eigenvalue weighted by atomic mass is 15.2. The van der Waals surface area contributed by atoms with Crippen LogP contribution in [0.25, 0.3) is 0 Å². The summed E-state index contributed by atoms with van der Waals surface area (Å²) in [5, 5.41) is 0. The van der Waals surface area contributed by atoms with E-state index in [1.54, 1.807) is 5.57 Å². The third-order valence-corrected chi connectivity index (χ3v) is 5.37. The fraction of sp³-hybridized carbons (Fsp3) is 0.857.